The van der Waals surface area contributed by atoms with Crippen LogP contribution in [0.5, 0.6) is 0 Å². The second-order valence-corrected chi connectivity index (χ2v) is 7.71. The van der Waals surface area contributed by atoms with Gasteiger partial charge in [0.2, 0.25) is 10.0 Å². The molecule has 0 bridgehead atoms. The normalized spacial score (nSPS) is 14.6. The van der Waals surface area contributed by atoms with E-state index in [1.807, 2.05) is 23.6 Å². The van der Waals surface area contributed by atoms with Gasteiger partial charge < -0.3 is 5.73 Å². The molecule has 0 saturated carbocycles. The van der Waals surface area contributed by atoms with Crippen LogP contribution in [-0.4, -0.2) is 25.7 Å². The topological polar surface area (TPSA) is 76.3 Å². The predicted molar refractivity (Wildman–Crippen MR) is 82.5 cm³/mol. The summed E-state index contributed by atoms with van der Waals surface area (Å²) in [6.07, 6.45) is 0.738. The lowest BCUT2D eigenvalue weighted by Gasteiger charge is -2.18. The smallest absolute Gasteiger partial charge is 0.234 e. The van der Waals surface area contributed by atoms with Gasteiger partial charge in [0.15, 0.2) is 5.13 Å². The van der Waals surface area contributed by atoms with Gasteiger partial charge in [-0.15, -0.1) is 11.3 Å². The fourth-order valence-corrected chi connectivity index (χ4v) is 4.13. The number of nitrogens with two attached hydrogens (primary N) is 1. The van der Waals surface area contributed by atoms with Gasteiger partial charge in [0, 0.05) is 17.5 Å². The van der Waals surface area contributed by atoms with Gasteiger partial charge in [0.1, 0.15) is 0 Å². The van der Waals surface area contributed by atoms with E-state index in [1.54, 1.807) is 6.92 Å². The molecule has 1 aliphatic rings. The molecule has 0 saturated heterocycles. The Balaban J connectivity index is 2.00. The van der Waals surface area contributed by atoms with E-state index in [9.17, 15) is 8.42 Å². The van der Waals surface area contributed by atoms with Crippen LogP contribution in [0, 0.1) is 0 Å². The Morgan fingerprint density at radius 2 is 2.25 bits per heavy atom. The second kappa shape index (κ2) is 4.75. The van der Waals surface area contributed by atoms with Crippen molar-refractivity contribution in [2.75, 3.05) is 22.3 Å². The van der Waals surface area contributed by atoms with Crippen LogP contribution in [0.3, 0.4) is 0 Å². The quantitative estimate of drug-likeness (QED) is 0.942. The van der Waals surface area contributed by atoms with E-state index < -0.39 is 10.0 Å². The van der Waals surface area contributed by atoms with Crippen molar-refractivity contribution >= 4 is 32.2 Å². The van der Waals surface area contributed by atoms with Crippen LogP contribution in [0.4, 0.5) is 10.8 Å². The molecule has 1 aromatic heterocycles. The number of sulfonamides is 1. The molecule has 0 radical (unpaired) electrons. The molecule has 0 spiro atoms. The molecule has 7 heteroatoms. The van der Waals surface area contributed by atoms with Gasteiger partial charge >= 0.3 is 0 Å². The largest absolute Gasteiger partial charge is 0.375 e. The van der Waals surface area contributed by atoms with E-state index >= 15 is 0 Å². The summed E-state index contributed by atoms with van der Waals surface area (Å²) in [6.45, 7) is 2.19. The Labute approximate surface area is 122 Å². The summed E-state index contributed by atoms with van der Waals surface area (Å²) in [5, 5.41) is 2.45. The SMILES string of the molecule is CCS(=O)(=O)N1CCc2cc(-c3csc(N)n3)ccc21. The van der Waals surface area contributed by atoms with Gasteiger partial charge in [0.25, 0.3) is 0 Å². The molecule has 3 rings (SSSR count). The average Bonchev–Trinajstić information content (AvgIpc) is 3.04. The number of nitrogens with zero attached hydrogens (tertiary/aromatic N) is 2. The predicted octanol–water partition coefficient (Wildman–Crippen LogP) is 2.10. The zero-order valence-electron chi connectivity index (χ0n) is 11.0. The molecule has 0 atom stereocenters. The van der Waals surface area contributed by atoms with Crippen LogP contribution >= 0.6 is 11.3 Å². The van der Waals surface area contributed by atoms with Crippen molar-refractivity contribution in [2.24, 2.45) is 0 Å². The highest BCUT2D eigenvalue weighted by Crippen LogP contribution is 2.34. The lowest BCUT2D eigenvalue weighted by atomic mass is 10.1. The Morgan fingerprint density at radius 1 is 1.45 bits per heavy atom. The summed E-state index contributed by atoms with van der Waals surface area (Å²) < 4.78 is 25.5. The molecule has 2 aromatic rings. The zero-order chi connectivity index (χ0) is 14.3. The van der Waals surface area contributed by atoms with Crippen LogP contribution in [-0.2, 0) is 16.4 Å². The third-order valence-corrected chi connectivity index (χ3v) is 5.91. The highest BCUT2D eigenvalue weighted by molar-refractivity contribution is 7.92. The van der Waals surface area contributed by atoms with Crippen molar-refractivity contribution in [3.63, 3.8) is 0 Å². The fourth-order valence-electron chi connectivity index (χ4n) is 2.40. The van der Waals surface area contributed by atoms with E-state index in [4.69, 9.17) is 5.73 Å². The minimum absolute atomic E-state index is 0.122. The average molecular weight is 309 g/mol. The van der Waals surface area contributed by atoms with Gasteiger partial charge in [-0.2, -0.15) is 0 Å². The van der Waals surface area contributed by atoms with Crippen molar-refractivity contribution in [2.45, 2.75) is 13.3 Å². The molecule has 0 fully saturated rings. The summed E-state index contributed by atoms with van der Waals surface area (Å²) in [6, 6.07) is 5.77. The molecule has 0 aliphatic carbocycles. The number of thiazole rings is 1. The number of hydrogen-bond acceptors (Lipinski definition) is 5. The van der Waals surface area contributed by atoms with Gasteiger partial charge in [-0.3, -0.25) is 4.31 Å². The molecule has 2 N–H and O–H groups in total. The number of hydrogen-bond donors (Lipinski definition) is 1. The number of aromatic nitrogens is 1. The standard InChI is InChI=1S/C13H15N3O2S2/c1-2-20(17,18)16-6-5-10-7-9(3-4-12(10)16)11-8-19-13(14)15-11/h3-4,7-8H,2,5-6H2,1H3,(H2,14,15). The van der Waals surface area contributed by atoms with Crippen LogP contribution in [0.2, 0.25) is 0 Å². The lowest BCUT2D eigenvalue weighted by molar-refractivity contribution is 0.593. The summed E-state index contributed by atoms with van der Waals surface area (Å²) >= 11 is 1.40. The molecule has 0 unspecified atom stereocenters. The highest BCUT2D eigenvalue weighted by atomic mass is 32.2. The third-order valence-electron chi connectivity index (χ3n) is 3.45. The van der Waals surface area contributed by atoms with Gasteiger partial charge in [-0.05, 0) is 31.0 Å². The Morgan fingerprint density at radius 3 is 2.90 bits per heavy atom. The monoisotopic (exact) mass is 309 g/mol. The molecule has 1 aromatic carbocycles. The number of benzene rings is 1. The first-order valence-electron chi connectivity index (χ1n) is 6.36. The lowest BCUT2D eigenvalue weighted by Crippen LogP contribution is -2.30. The zero-order valence-corrected chi connectivity index (χ0v) is 12.7. The Hall–Kier alpha value is -1.60. The fraction of sp³-hybridized carbons (Fsp3) is 0.308. The first-order chi connectivity index (χ1) is 9.51. The van der Waals surface area contributed by atoms with Crippen LogP contribution in [0.15, 0.2) is 23.6 Å². The maximum Gasteiger partial charge on any atom is 0.234 e. The molecule has 20 heavy (non-hydrogen) atoms. The van der Waals surface area contributed by atoms with Crippen molar-refractivity contribution in [1.29, 1.82) is 0 Å². The number of anilines is 2. The number of nitrogen functional groups attached to an aromatic ring is 1. The highest BCUT2D eigenvalue weighted by Gasteiger charge is 2.28. The Kier molecular flexibility index (Phi) is 3.18. The minimum atomic E-state index is -3.18. The number of rotatable bonds is 3. The Bertz CT molecular complexity index is 753. The molecular formula is C13H15N3O2S2. The van der Waals surface area contributed by atoms with E-state index in [2.05, 4.69) is 4.98 Å². The van der Waals surface area contributed by atoms with Gasteiger partial charge in [-0.25, -0.2) is 13.4 Å². The van der Waals surface area contributed by atoms with E-state index in [0.29, 0.717) is 11.7 Å². The van der Waals surface area contributed by atoms with Crippen molar-refractivity contribution in [3.05, 3.63) is 29.1 Å². The minimum Gasteiger partial charge on any atom is -0.375 e. The second-order valence-electron chi connectivity index (χ2n) is 4.64. The van der Waals surface area contributed by atoms with Crippen molar-refractivity contribution in [3.8, 4) is 11.3 Å². The first kappa shape index (κ1) is 13.4. The molecule has 106 valence electrons. The molecule has 0 amide bonds. The van der Waals surface area contributed by atoms with Gasteiger partial charge in [-0.1, -0.05) is 6.07 Å². The number of fused-ring (bicyclic) bond motifs is 1. The van der Waals surface area contributed by atoms with Crippen LogP contribution in [0.1, 0.15) is 12.5 Å². The molecule has 5 nitrogen and oxygen atoms in total. The summed E-state index contributed by atoms with van der Waals surface area (Å²) in [5.41, 5.74) is 9.30. The molecule has 2 heterocycles. The first-order valence-corrected chi connectivity index (χ1v) is 8.85. The third kappa shape index (κ3) is 2.16. The van der Waals surface area contributed by atoms with Crippen molar-refractivity contribution in [1.82, 2.24) is 4.98 Å². The van der Waals surface area contributed by atoms with Gasteiger partial charge in [0.05, 0.1) is 17.1 Å². The van der Waals surface area contributed by atoms with Crippen LogP contribution < -0.4 is 10.0 Å². The summed E-state index contributed by atoms with van der Waals surface area (Å²) in [7, 11) is -3.18. The summed E-state index contributed by atoms with van der Waals surface area (Å²) in [4.78, 5) is 4.25. The maximum atomic E-state index is 12.0. The van der Waals surface area contributed by atoms with Crippen LogP contribution in [0.25, 0.3) is 11.3 Å². The summed E-state index contributed by atoms with van der Waals surface area (Å²) in [5.74, 6) is 0.122. The van der Waals surface area contributed by atoms with E-state index in [-0.39, 0.29) is 5.75 Å². The molecular weight excluding hydrogens is 294 g/mol. The van der Waals surface area contributed by atoms with E-state index in [1.165, 1.54) is 15.6 Å². The van der Waals surface area contributed by atoms with E-state index in [0.717, 1.165) is 28.9 Å². The molecule has 1 aliphatic heterocycles. The van der Waals surface area contributed by atoms with Crippen molar-refractivity contribution < 1.29 is 8.42 Å². The maximum absolute atomic E-state index is 12.0.